The summed E-state index contributed by atoms with van der Waals surface area (Å²) >= 11 is 0. The van der Waals surface area contributed by atoms with Crippen molar-refractivity contribution in [2.24, 2.45) is 10.9 Å². The maximum Gasteiger partial charge on any atom is 0.243 e. The molecule has 0 radical (unpaired) electrons. The van der Waals surface area contributed by atoms with Crippen molar-refractivity contribution >= 4 is 11.9 Å². The average molecular weight is 346 g/mol. The van der Waals surface area contributed by atoms with E-state index in [1.807, 2.05) is 7.05 Å². The van der Waals surface area contributed by atoms with Crippen LogP contribution >= 0.6 is 0 Å². The Kier molecular flexibility index (Phi) is 7.25. The van der Waals surface area contributed by atoms with E-state index in [4.69, 9.17) is 4.74 Å². The second-order valence-electron chi connectivity index (χ2n) is 6.88. The number of hydrogen-bond acceptors (Lipinski definition) is 3. The van der Waals surface area contributed by atoms with Crippen LogP contribution in [-0.4, -0.2) is 69.1 Å². The number of benzene rings is 1. The fraction of sp³-hybridized carbons (Fsp3) is 0.579. The molecule has 0 bridgehead atoms. The van der Waals surface area contributed by atoms with Gasteiger partial charge in [-0.15, -0.1) is 0 Å². The highest BCUT2D eigenvalue weighted by Crippen LogP contribution is 2.11. The number of aliphatic imine (C=N–C) groups is 1. The fourth-order valence-electron chi connectivity index (χ4n) is 2.62. The van der Waals surface area contributed by atoms with Gasteiger partial charge in [-0.25, -0.2) is 4.99 Å². The molecule has 0 aliphatic carbocycles. The Morgan fingerprint density at radius 2 is 2.00 bits per heavy atom. The van der Waals surface area contributed by atoms with Gasteiger partial charge >= 0.3 is 0 Å². The number of ether oxygens (including phenoxy) is 1. The minimum absolute atomic E-state index is 0.00719. The first kappa shape index (κ1) is 19.2. The van der Waals surface area contributed by atoms with Gasteiger partial charge in [-0.1, -0.05) is 29.8 Å². The van der Waals surface area contributed by atoms with E-state index in [1.54, 1.807) is 19.0 Å². The molecule has 0 saturated carbocycles. The number of nitrogens with one attached hydrogen (secondary N) is 1. The summed E-state index contributed by atoms with van der Waals surface area (Å²) in [6.45, 7) is 5.40. The first-order valence-electron chi connectivity index (χ1n) is 8.78. The minimum atomic E-state index is -0.00719. The number of nitrogens with zero attached hydrogens (tertiary/aromatic N) is 3. The summed E-state index contributed by atoms with van der Waals surface area (Å²) in [5.41, 5.74) is 2.46. The van der Waals surface area contributed by atoms with E-state index in [2.05, 4.69) is 46.4 Å². The molecule has 1 fully saturated rings. The molecule has 0 spiro atoms. The molecule has 1 saturated heterocycles. The molecule has 1 aliphatic heterocycles. The van der Waals surface area contributed by atoms with E-state index in [1.165, 1.54) is 11.1 Å². The van der Waals surface area contributed by atoms with E-state index >= 15 is 0 Å². The molecule has 1 N–H and O–H groups in total. The number of carbonyl (C=O) groups excluding carboxylic acids is 1. The molecule has 6 nitrogen and oxygen atoms in total. The molecule has 2 rings (SSSR count). The molecule has 6 heteroatoms. The first-order valence-corrected chi connectivity index (χ1v) is 8.78. The molecule has 1 aliphatic rings. The topological polar surface area (TPSA) is 57.2 Å². The molecule has 25 heavy (non-hydrogen) atoms. The summed E-state index contributed by atoms with van der Waals surface area (Å²) in [4.78, 5) is 20.0. The third-order valence-corrected chi connectivity index (χ3v) is 4.34. The highest BCUT2D eigenvalue weighted by molar-refractivity contribution is 5.84. The van der Waals surface area contributed by atoms with Crippen LogP contribution in [0.3, 0.4) is 0 Å². The van der Waals surface area contributed by atoms with Gasteiger partial charge in [0, 0.05) is 46.8 Å². The molecule has 1 amide bonds. The molecule has 1 unspecified atom stereocenters. The third kappa shape index (κ3) is 6.38. The van der Waals surface area contributed by atoms with Crippen LogP contribution in [0.4, 0.5) is 0 Å². The summed E-state index contributed by atoms with van der Waals surface area (Å²) in [5, 5.41) is 3.41. The second kappa shape index (κ2) is 9.42. The smallest absolute Gasteiger partial charge is 0.243 e. The lowest BCUT2D eigenvalue weighted by molar-refractivity contribution is -0.127. The summed E-state index contributed by atoms with van der Waals surface area (Å²) in [5.74, 6) is 1.25. The number of carbonyl (C=O) groups is 1. The van der Waals surface area contributed by atoms with Crippen LogP contribution in [0.2, 0.25) is 0 Å². The Morgan fingerprint density at radius 1 is 1.28 bits per heavy atom. The van der Waals surface area contributed by atoms with Gasteiger partial charge in [0.1, 0.15) is 6.54 Å². The third-order valence-electron chi connectivity index (χ3n) is 4.34. The van der Waals surface area contributed by atoms with Crippen molar-refractivity contribution in [1.29, 1.82) is 0 Å². The van der Waals surface area contributed by atoms with E-state index in [9.17, 15) is 4.79 Å². The first-order chi connectivity index (χ1) is 12.0. The second-order valence-corrected chi connectivity index (χ2v) is 6.88. The maximum absolute atomic E-state index is 11.9. The Hall–Kier alpha value is -2.08. The zero-order valence-corrected chi connectivity index (χ0v) is 15.8. The van der Waals surface area contributed by atoms with Crippen molar-refractivity contribution in [1.82, 2.24) is 15.1 Å². The highest BCUT2D eigenvalue weighted by Gasteiger charge is 2.17. The number of hydrogen-bond donors (Lipinski definition) is 1. The Morgan fingerprint density at radius 3 is 2.60 bits per heavy atom. The zero-order chi connectivity index (χ0) is 18.2. The van der Waals surface area contributed by atoms with Crippen LogP contribution in [-0.2, 0) is 16.1 Å². The van der Waals surface area contributed by atoms with Crippen LogP contribution in [0.5, 0.6) is 0 Å². The van der Waals surface area contributed by atoms with Crippen molar-refractivity contribution in [2.45, 2.75) is 19.9 Å². The number of amides is 1. The molecule has 1 atom stereocenters. The molecule has 138 valence electrons. The largest absolute Gasteiger partial charge is 0.381 e. The van der Waals surface area contributed by atoms with E-state index in [0.717, 1.165) is 38.7 Å². The van der Waals surface area contributed by atoms with E-state index < -0.39 is 0 Å². The monoisotopic (exact) mass is 346 g/mol. The van der Waals surface area contributed by atoms with Crippen molar-refractivity contribution in [3.63, 3.8) is 0 Å². The van der Waals surface area contributed by atoms with Crippen molar-refractivity contribution in [2.75, 3.05) is 47.4 Å². The maximum atomic E-state index is 11.9. The Labute approximate surface area is 150 Å². The molecular weight excluding hydrogens is 316 g/mol. The van der Waals surface area contributed by atoms with Crippen LogP contribution in [0, 0.1) is 12.8 Å². The lowest BCUT2D eigenvalue weighted by Crippen LogP contribution is -2.41. The normalized spacial score (nSPS) is 17.4. The number of rotatable bonds is 6. The van der Waals surface area contributed by atoms with Crippen LogP contribution in [0.25, 0.3) is 0 Å². The molecule has 1 aromatic carbocycles. The van der Waals surface area contributed by atoms with Crippen LogP contribution in [0.1, 0.15) is 17.5 Å². The molecule has 1 heterocycles. The Bertz CT molecular complexity index is 578. The van der Waals surface area contributed by atoms with E-state index in [0.29, 0.717) is 5.92 Å². The summed E-state index contributed by atoms with van der Waals surface area (Å²) in [7, 11) is 5.49. The van der Waals surface area contributed by atoms with Crippen molar-refractivity contribution in [3.8, 4) is 0 Å². The SMILES string of the molecule is Cc1ccc(CN(C)C(=NCC(=O)N(C)C)NCC2CCOC2)cc1. The number of likely N-dealkylation sites (N-methyl/N-ethyl adjacent to an activating group) is 1. The van der Waals surface area contributed by atoms with Crippen LogP contribution in [0.15, 0.2) is 29.3 Å². The summed E-state index contributed by atoms with van der Waals surface area (Å²) < 4.78 is 5.43. The lowest BCUT2D eigenvalue weighted by atomic mass is 10.1. The van der Waals surface area contributed by atoms with Gasteiger partial charge in [-0.3, -0.25) is 4.79 Å². The van der Waals surface area contributed by atoms with Gasteiger partial charge in [0.2, 0.25) is 5.91 Å². The Balaban J connectivity index is 2.00. The van der Waals surface area contributed by atoms with E-state index in [-0.39, 0.29) is 12.5 Å². The van der Waals surface area contributed by atoms with Gasteiger partial charge in [-0.2, -0.15) is 0 Å². The molecule has 1 aromatic rings. The fourth-order valence-corrected chi connectivity index (χ4v) is 2.62. The van der Waals surface area contributed by atoms with Gasteiger partial charge < -0.3 is 19.9 Å². The average Bonchev–Trinajstić information content (AvgIpc) is 3.10. The highest BCUT2D eigenvalue weighted by atomic mass is 16.5. The number of guanidine groups is 1. The number of aryl methyl sites for hydroxylation is 1. The summed E-state index contributed by atoms with van der Waals surface area (Å²) in [6.07, 6.45) is 1.07. The summed E-state index contributed by atoms with van der Waals surface area (Å²) in [6, 6.07) is 8.47. The molecule has 0 aromatic heterocycles. The van der Waals surface area contributed by atoms with Crippen molar-refractivity contribution < 1.29 is 9.53 Å². The van der Waals surface area contributed by atoms with Crippen LogP contribution < -0.4 is 5.32 Å². The van der Waals surface area contributed by atoms with Crippen molar-refractivity contribution in [3.05, 3.63) is 35.4 Å². The van der Waals surface area contributed by atoms with Gasteiger partial charge in [0.25, 0.3) is 0 Å². The standard InChI is InChI=1S/C19H30N4O2/c1-15-5-7-16(8-6-15)13-23(4)19(21-12-18(24)22(2)3)20-11-17-9-10-25-14-17/h5-8,17H,9-14H2,1-4H3,(H,20,21). The predicted molar refractivity (Wildman–Crippen MR) is 101 cm³/mol. The zero-order valence-electron chi connectivity index (χ0n) is 15.8. The lowest BCUT2D eigenvalue weighted by Gasteiger charge is -2.24. The van der Waals surface area contributed by atoms with Gasteiger partial charge in [0.15, 0.2) is 5.96 Å². The predicted octanol–water partition coefficient (Wildman–Crippen LogP) is 1.50. The minimum Gasteiger partial charge on any atom is -0.381 e. The van der Waals surface area contributed by atoms with Gasteiger partial charge in [0.05, 0.1) is 6.61 Å². The molecular formula is C19H30N4O2. The van der Waals surface area contributed by atoms with Gasteiger partial charge in [-0.05, 0) is 18.9 Å². The quantitative estimate of drug-likeness (QED) is 0.626.